The minimum absolute atomic E-state index is 0.0278. The van der Waals surface area contributed by atoms with Gasteiger partial charge in [0.1, 0.15) is 0 Å². The number of hydrogen-bond donors (Lipinski definition) is 4. The Morgan fingerprint density at radius 2 is 1.62 bits per heavy atom. The van der Waals surface area contributed by atoms with Crippen LogP contribution in [0.1, 0.15) is 67.2 Å². The molecule has 1 aromatic heterocycles. The largest absolute Gasteiger partial charge is 0.481 e. The zero-order valence-electron chi connectivity index (χ0n) is 24.9. The molecule has 3 heterocycles. The summed E-state index contributed by atoms with van der Waals surface area (Å²) in [5.41, 5.74) is 4.94. The van der Waals surface area contributed by atoms with Gasteiger partial charge in [-0.25, -0.2) is 4.79 Å². The minimum atomic E-state index is -1.02. The van der Waals surface area contributed by atoms with E-state index in [9.17, 15) is 19.5 Å². The Bertz CT molecular complexity index is 1670. The monoisotopic (exact) mass is 614 g/mol. The molecule has 45 heavy (non-hydrogen) atoms. The number of ether oxygens (including phenoxy) is 2. The standard InChI is InChI=1S/C34H38N4O7/c39-21-22-5-7-23(8-6-22)30-19-27(44-33(45-30)24-9-11-25(12-10-24)35-31(40)13-14-32(41)42)20-37-17-15-26(16-18-37)38-29-4-2-1-3-28(29)36-34(38)43/h1-12,26-27,30,33,39H,13-21H2,(H,35,40)(H,36,43)(H,41,42). The fraction of sp³-hybridized carbons (Fsp3) is 0.382. The molecule has 6 rings (SSSR count). The summed E-state index contributed by atoms with van der Waals surface area (Å²) < 4.78 is 14.9. The molecular weight excluding hydrogens is 576 g/mol. The predicted molar refractivity (Wildman–Crippen MR) is 168 cm³/mol. The molecule has 2 aliphatic rings. The van der Waals surface area contributed by atoms with Crippen LogP contribution in [0.5, 0.6) is 0 Å². The number of nitrogens with one attached hydrogen (secondary N) is 2. The van der Waals surface area contributed by atoms with Crippen molar-refractivity contribution in [3.05, 3.63) is 100.0 Å². The second kappa shape index (κ2) is 13.8. The summed E-state index contributed by atoms with van der Waals surface area (Å²) >= 11 is 0. The highest BCUT2D eigenvalue weighted by Gasteiger charge is 2.34. The fourth-order valence-electron chi connectivity index (χ4n) is 6.29. The van der Waals surface area contributed by atoms with E-state index in [0.717, 1.165) is 60.2 Å². The van der Waals surface area contributed by atoms with Crippen molar-refractivity contribution in [2.45, 2.75) is 63.3 Å². The summed E-state index contributed by atoms with van der Waals surface area (Å²) in [6, 6.07) is 22.9. The number of H-pyrrole nitrogens is 1. The molecule has 0 radical (unpaired) electrons. The van der Waals surface area contributed by atoms with Gasteiger partial charge < -0.3 is 34.9 Å². The number of aromatic nitrogens is 2. The number of aromatic amines is 1. The molecule has 3 atom stereocenters. The van der Waals surface area contributed by atoms with Crippen molar-refractivity contribution in [1.82, 2.24) is 14.5 Å². The second-order valence-corrected chi connectivity index (χ2v) is 11.8. The SMILES string of the molecule is O=C(O)CCC(=O)Nc1ccc(C2OC(CN3CCC(n4c(=O)[nH]c5ccccc54)CC3)CC(c3ccc(CO)cc3)O2)cc1. The van der Waals surface area contributed by atoms with E-state index in [4.69, 9.17) is 14.6 Å². The van der Waals surface area contributed by atoms with E-state index in [-0.39, 0.29) is 49.3 Å². The molecule has 11 heteroatoms. The number of para-hydroxylation sites is 2. The molecule has 0 aliphatic carbocycles. The highest BCUT2D eigenvalue weighted by Crippen LogP contribution is 2.39. The van der Waals surface area contributed by atoms with E-state index in [1.807, 2.05) is 65.2 Å². The summed E-state index contributed by atoms with van der Waals surface area (Å²) in [5, 5.41) is 21.1. The lowest BCUT2D eigenvalue weighted by Gasteiger charge is -2.40. The molecule has 2 saturated heterocycles. The van der Waals surface area contributed by atoms with E-state index in [1.54, 1.807) is 12.1 Å². The lowest BCUT2D eigenvalue weighted by atomic mass is 9.98. The molecule has 1 amide bonds. The number of fused-ring (bicyclic) bond motifs is 1. The second-order valence-electron chi connectivity index (χ2n) is 11.8. The normalized spacial score (nSPS) is 21.1. The molecule has 3 unspecified atom stereocenters. The number of aliphatic hydroxyl groups excluding tert-OH is 1. The van der Waals surface area contributed by atoms with Crippen molar-refractivity contribution >= 4 is 28.6 Å². The third kappa shape index (κ3) is 7.34. The summed E-state index contributed by atoms with van der Waals surface area (Å²) in [6.45, 7) is 2.38. The Morgan fingerprint density at radius 3 is 2.33 bits per heavy atom. The van der Waals surface area contributed by atoms with Crippen LogP contribution >= 0.6 is 0 Å². The van der Waals surface area contributed by atoms with Crippen molar-refractivity contribution in [2.75, 3.05) is 25.0 Å². The first-order valence-corrected chi connectivity index (χ1v) is 15.4. The molecule has 0 spiro atoms. The van der Waals surface area contributed by atoms with E-state index in [0.29, 0.717) is 12.1 Å². The third-order valence-corrected chi connectivity index (χ3v) is 8.66. The molecule has 11 nitrogen and oxygen atoms in total. The molecule has 236 valence electrons. The predicted octanol–water partition coefficient (Wildman–Crippen LogP) is 4.51. The number of nitrogens with zero attached hydrogens (tertiary/aromatic N) is 2. The van der Waals surface area contributed by atoms with Gasteiger partial charge >= 0.3 is 11.7 Å². The number of hydrogen-bond acceptors (Lipinski definition) is 7. The molecule has 4 aromatic rings. The number of aliphatic hydroxyl groups is 1. The summed E-state index contributed by atoms with van der Waals surface area (Å²) in [5.74, 6) is -1.38. The number of amides is 1. The van der Waals surface area contributed by atoms with Gasteiger partial charge in [-0.2, -0.15) is 0 Å². The summed E-state index contributed by atoms with van der Waals surface area (Å²) in [4.78, 5) is 41.0. The van der Waals surface area contributed by atoms with Crippen LogP contribution in [-0.2, 0) is 25.7 Å². The number of carboxylic acid groups (broad SMARTS) is 1. The number of piperidine rings is 1. The van der Waals surface area contributed by atoms with Crippen LogP contribution in [0.3, 0.4) is 0 Å². The topological polar surface area (TPSA) is 146 Å². The van der Waals surface area contributed by atoms with Crippen LogP contribution in [-0.4, -0.2) is 62.3 Å². The highest BCUT2D eigenvalue weighted by molar-refractivity contribution is 5.92. The first-order valence-electron chi connectivity index (χ1n) is 15.4. The van der Waals surface area contributed by atoms with Crippen LogP contribution in [0.15, 0.2) is 77.6 Å². The molecular formula is C34H38N4O7. The molecule has 3 aromatic carbocycles. The van der Waals surface area contributed by atoms with Gasteiger partial charge in [-0.3, -0.25) is 14.2 Å². The van der Waals surface area contributed by atoms with Gasteiger partial charge in [0.25, 0.3) is 0 Å². The average molecular weight is 615 g/mol. The van der Waals surface area contributed by atoms with Crippen LogP contribution in [0.2, 0.25) is 0 Å². The van der Waals surface area contributed by atoms with Crippen LogP contribution < -0.4 is 11.0 Å². The maximum absolute atomic E-state index is 12.7. The van der Waals surface area contributed by atoms with Gasteiger partial charge in [-0.1, -0.05) is 48.5 Å². The number of likely N-dealkylation sites (tertiary alicyclic amines) is 1. The Hall–Kier alpha value is -4.29. The summed E-state index contributed by atoms with van der Waals surface area (Å²) in [7, 11) is 0. The number of aliphatic carboxylic acids is 1. The van der Waals surface area contributed by atoms with Gasteiger partial charge in [-0.15, -0.1) is 0 Å². The molecule has 0 saturated carbocycles. The Labute approximate surface area is 260 Å². The fourth-order valence-corrected chi connectivity index (χ4v) is 6.29. The maximum Gasteiger partial charge on any atom is 0.326 e. The zero-order valence-corrected chi connectivity index (χ0v) is 24.9. The van der Waals surface area contributed by atoms with Crippen LogP contribution in [0, 0.1) is 0 Å². The van der Waals surface area contributed by atoms with Crippen LogP contribution in [0.4, 0.5) is 5.69 Å². The Balaban J connectivity index is 1.13. The van der Waals surface area contributed by atoms with Crippen molar-refractivity contribution in [2.24, 2.45) is 0 Å². The number of imidazole rings is 1. The number of carbonyl (C=O) groups is 2. The first-order chi connectivity index (χ1) is 21.9. The quantitative estimate of drug-likeness (QED) is 0.204. The van der Waals surface area contributed by atoms with Crippen LogP contribution in [0.25, 0.3) is 11.0 Å². The van der Waals surface area contributed by atoms with Gasteiger partial charge in [0.2, 0.25) is 5.91 Å². The number of anilines is 1. The van der Waals surface area contributed by atoms with Crippen molar-refractivity contribution in [3.63, 3.8) is 0 Å². The number of rotatable bonds is 10. The lowest BCUT2D eigenvalue weighted by molar-refractivity contribution is -0.253. The number of carboxylic acids is 1. The third-order valence-electron chi connectivity index (χ3n) is 8.66. The van der Waals surface area contributed by atoms with E-state index in [2.05, 4.69) is 15.2 Å². The molecule has 2 aliphatic heterocycles. The molecule has 4 N–H and O–H groups in total. The Kier molecular flexibility index (Phi) is 9.41. The summed E-state index contributed by atoms with van der Waals surface area (Å²) in [6.07, 6.45) is 1.09. The van der Waals surface area contributed by atoms with Gasteiger partial charge in [0.15, 0.2) is 6.29 Å². The van der Waals surface area contributed by atoms with Crippen molar-refractivity contribution in [3.8, 4) is 0 Å². The number of benzene rings is 3. The van der Waals surface area contributed by atoms with Crippen molar-refractivity contribution in [1.29, 1.82) is 0 Å². The van der Waals surface area contributed by atoms with Gasteiger partial charge in [0, 0.05) is 49.8 Å². The average Bonchev–Trinajstić information content (AvgIpc) is 3.40. The first kappa shape index (κ1) is 30.7. The van der Waals surface area contributed by atoms with Gasteiger partial charge in [0.05, 0.1) is 36.3 Å². The lowest BCUT2D eigenvalue weighted by Crippen LogP contribution is -2.43. The van der Waals surface area contributed by atoms with Gasteiger partial charge in [-0.05, 0) is 48.2 Å². The molecule has 2 fully saturated rings. The Morgan fingerprint density at radius 1 is 0.911 bits per heavy atom. The van der Waals surface area contributed by atoms with E-state index in [1.165, 1.54) is 0 Å². The van der Waals surface area contributed by atoms with E-state index < -0.39 is 12.3 Å². The maximum atomic E-state index is 12.7. The smallest absolute Gasteiger partial charge is 0.326 e. The van der Waals surface area contributed by atoms with E-state index >= 15 is 0 Å². The highest BCUT2D eigenvalue weighted by atomic mass is 16.7. The number of carbonyl (C=O) groups excluding carboxylic acids is 1. The minimum Gasteiger partial charge on any atom is -0.481 e. The zero-order chi connectivity index (χ0) is 31.3. The molecule has 0 bridgehead atoms. The van der Waals surface area contributed by atoms with Crippen molar-refractivity contribution < 1.29 is 29.3 Å².